The molecule has 0 bridgehead atoms. The second kappa shape index (κ2) is 18.4. The Morgan fingerprint density at radius 1 is 0.898 bits per heavy atom. The number of benzene rings is 2. The molecule has 4 aliphatic rings. The number of ether oxygens (including phenoxy) is 7. The van der Waals surface area contributed by atoms with E-state index >= 15 is 0 Å². The lowest BCUT2D eigenvalue weighted by Gasteiger charge is -2.40. The molecule has 17 nitrogen and oxygen atoms in total. The van der Waals surface area contributed by atoms with Crippen molar-refractivity contribution in [3.05, 3.63) is 125 Å². The van der Waals surface area contributed by atoms with Crippen molar-refractivity contribution in [2.75, 3.05) is 13.2 Å². The Bertz CT molecular complexity index is 2030. The first-order valence-electron chi connectivity index (χ1n) is 18.5. The molecule has 2 aromatic carbocycles. The smallest absolute Gasteiger partial charge is 0.330 e. The van der Waals surface area contributed by atoms with Gasteiger partial charge in [-0.25, -0.2) is 4.79 Å². The van der Waals surface area contributed by atoms with E-state index in [1.807, 2.05) is 0 Å². The maximum atomic E-state index is 12.5. The van der Waals surface area contributed by atoms with Gasteiger partial charge >= 0.3 is 11.7 Å². The maximum Gasteiger partial charge on any atom is 0.330 e. The molecule has 1 unspecified atom stereocenters. The molecule has 59 heavy (non-hydrogen) atoms. The summed E-state index contributed by atoms with van der Waals surface area (Å²) in [6.45, 7) is 8.36. The van der Waals surface area contributed by atoms with Crippen LogP contribution in [0.2, 0.25) is 0 Å². The molecule has 316 valence electrons. The normalized spacial score (nSPS) is 29.3. The van der Waals surface area contributed by atoms with Crippen LogP contribution in [0.25, 0.3) is 11.8 Å². The quantitative estimate of drug-likeness (QED) is 0.0329. The molecule has 10 N–H and O–H groups in total. The number of fused-ring (bicyclic) bond motifs is 1. The van der Waals surface area contributed by atoms with E-state index in [9.17, 15) is 50.8 Å². The van der Waals surface area contributed by atoms with Crippen molar-refractivity contribution in [3.8, 4) is 17.2 Å². The molecule has 10 atom stereocenters. The topological polar surface area (TPSA) is 267 Å². The monoisotopic (exact) mass is 823 g/mol. The van der Waals surface area contributed by atoms with Crippen molar-refractivity contribution in [1.82, 2.24) is 0 Å². The lowest BCUT2D eigenvalue weighted by Crippen LogP contribution is -2.59. The summed E-state index contributed by atoms with van der Waals surface area (Å²) in [4.78, 5) is 12.5. The first kappa shape index (κ1) is 42.8. The van der Waals surface area contributed by atoms with Crippen molar-refractivity contribution >= 4 is 17.8 Å². The number of aliphatic hydroxyl groups is 8. The number of aromatic hydroxyl groups is 3. The van der Waals surface area contributed by atoms with Crippen molar-refractivity contribution in [1.29, 1.82) is 0 Å². The predicted octanol–water partition coefficient (Wildman–Crippen LogP) is 2.00. The Morgan fingerprint density at radius 3 is 2.34 bits per heavy atom. The summed E-state index contributed by atoms with van der Waals surface area (Å²) in [5, 5.41) is 95.3. The molecule has 3 aliphatic heterocycles. The Kier molecular flexibility index (Phi) is 13.4. The molecular weight excluding hydrogens is 776 g/mol. The molecule has 6 rings (SSSR count). The highest BCUT2D eigenvalue weighted by Crippen LogP contribution is 2.41. The Morgan fingerprint density at radius 2 is 1.63 bits per heavy atom. The van der Waals surface area contributed by atoms with Crippen LogP contribution in [0.4, 0.5) is 0 Å². The minimum Gasteiger partial charge on any atom is -0.571 e. The number of esters is 1. The van der Waals surface area contributed by atoms with E-state index in [0.717, 1.165) is 6.08 Å². The Balaban J connectivity index is 1.27. The SMILES string of the molecule is C=CCC(=C)OC[C@@H]1C[C@H](O)[C@@H](O)[C@H](OC2=CC(O)=CC3[OH+]C(c4cc(C)c(O)c(O)c4)=C(O[C@@H]4O[C@H](COC(=O)/C=C\c5ccc(O)cc5)[C@@H](O)[C@H](O)[C@H]4O)C=C23)O1. The van der Waals surface area contributed by atoms with E-state index in [4.69, 9.17) is 33.2 Å². The van der Waals surface area contributed by atoms with Gasteiger partial charge in [0.15, 0.2) is 11.5 Å². The number of allylic oxidation sites excluding steroid dienone is 3. The van der Waals surface area contributed by atoms with E-state index in [0.29, 0.717) is 17.7 Å². The summed E-state index contributed by atoms with van der Waals surface area (Å²) < 4.78 is 39.6. The van der Waals surface area contributed by atoms with Gasteiger partial charge in [-0.3, -0.25) is 0 Å². The number of hydrogen-bond donors (Lipinski definition) is 9. The third-order valence-corrected chi connectivity index (χ3v) is 9.75. The predicted molar refractivity (Wildman–Crippen MR) is 206 cm³/mol. The second-order valence-corrected chi connectivity index (χ2v) is 14.2. The first-order valence-corrected chi connectivity index (χ1v) is 18.5. The van der Waals surface area contributed by atoms with Crippen LogP contribution in [-0.4, -0.2) is 131 Å². The van der Waals surface area contributed by atoms with Crippen LogP contribution >= 0.6 is 0 Å². The molecule has 0 spiro atoms. The Hall–Kier alpha value is -5.79. The largest absolute Gasteiger partial charge is 0.571 e. The molecule has 0 radical (unpaired) electrons. The lowest BCUT2D eigenvalue weighted by atomic mass is 9.96. The number of carbonyl (C=O) groups excluding carboxylic acids is 1. The van der Waals surface area contributed by atoms with Crippen LogP contribution in [-0.2, 0) is 33.2 Å². The first-order chi connectivity index (χ1) is 28.1. The van der Waals surface area contributed by atoms with Gasteiger partial charge in [0.2, 0.25) is 24.4 Å². The molecule has 2 saturated heterocycles. The van der Waals surface area contributed by atoms with Crippen molar-refractivity contribution in [3.63, 3.8) is 0 Å². The lowest BCUT2D eigenvalue weighted by molar-refractivity contribution is -0.291. The number of aryl methyl sites for hydroxylation is 1. The van der Waals surface area contributed by atoms with Crippen LogP contribution in [0.5, 0.6) is 17.2 Å². The van der Waals surface area contributed by atoms with Gasteiger partial charge in [-0.15, -0.1) is 6.58 Å². The van der Waals surface area contributed by atoms with Gasteiger partial charge < -0.3 is 79.1 Å². The van der Waals surface area contributed by atoms with Crippen molar-refractivity contribution < 1.29 is 83.9 Å². The Labute approximate surface area is 338 Å². The number of carbonyl (C=O) groups is 1. The van der Waals surface area contributed by atoms with Crippen molar-refractivity contribution in [2.24, 2.45) is 0 Å². The summed E-state index contributed by atoms with van der Waals surface area (Å²) >= 11 is 0. The summed E-state index contributed by atoms with van der Waals surface area (Å²) in [7, 11) is 0. The minimum atomic E-state index is -1.87. The van der Waals surface area contributed by atoms with Gasteiger partial charge in [0.25, 0.3) is 0 Å². The van der Waals surface area contributed by atoms with Gasteiger partial charge in [-0.2, -0.15) is 0 Å². The molecule has 2 aromatic rings. The molecule has 3 heterocycles. The van der Waals surface area contributed by atoms with Crippen LogP contribution in [0, 0.1) is 6.92 Å². The van der Waals surface area contributed by atoms with Gasteiger partial charge in [-0.05, 0) is 42.3 Å². The van der Waals surface area contributed by atoms with Gasteiger partial charge in [0, 0.05) is 37.1 Å². The van der Waals surface area contributed by atoms with Crippen molar-refractivity contribution in [2.45, 2.75) is 81.2 Å². The highest BCUT2D eigenvalue weighted by atomic mass is 16.7. The summed E-state index contributed by atoms with van der Waals surface area (Å²) in [5.74, 6) is -1.75. The number of phenols is 3. The molecule has 2 fully saturated rings. The zero-order valence-electron chi connectivity index (χ0n) is 31.8. The molecule has 0 saturated carbocycles. The average molecular weight is 824 g/mol. The number of phenolic OH excluding ortho intramolecular Hbond substituents is 3. The summed E-state index contributed by atoms with van der Waals surface area (Å²) in [5.41, 5.74) is 1.27. The highest BCUT2D eigenvalue weighted by molar-refractivity contribution is 5.87. The summed E-state index contributed by atoms with van der Waals surface area (Å²) in [6.07, 6.45) is -6.09. The van der Waals surface area contributed by atoms with Crippen LogP contribution in [0.3, 0.4) is 0 Å². The number of aliphatic hydroxyl groups excluding tert-OH is 6. The second-order valence-electron chi connectivity index (χ2n) is 14.2. The molecule has 1 aliphatic carbocycles. The number of hydrogen-bond acceptors (Lipinski definition) is 16. The minimum absolute atomic E-state index is 0.0111. The molecule has 17 heteroatoms. The van der Waals surface area contributed by atoms with E-state index < -0.39 is 85.5 Å². The third-order valence-electron chi connectivity index (χ3n) is 9.75. The fraction of sp³-hybridized carbons (Fsp3) is 0.357. The third kappa shape index (κ3) is 10.1. The van der Waals surface area contributed by atoms with Crippen LogP contribution in [0.1, 0.15) is 29.5 Å². The molecule has 0 aromatic heterocycles. The highest BCUT2D eigenvalue weighted by Gasteiger charge is 2.48. The van der Waals surface area contributed by atoms with E-state index in [2.05, 4.69) is 13.2 Å². The van der Waals surface area contributed by atoms with E-state index in [-0.39, 0.29) is 58.5 Å². The maximum absolute atomic E-state index is 12.5. The standard InChI is InChI=1S/C42H46O17/c1-4-5-21(3)53-18-26-16-29(46)36(49)41(55-26)57-31-15-25(44)14-30-27(31)17-32(40(56-30)23-12-20(2)35(48)28(45)13-23)58-42-39(52)38(51)37(50)33(59-42)19-54-34(47)11-8-22-6-9-24(43)10-7-22/h4,6-15,17,26,29-30,33,36-39,41-46,48-52H,1,3,5,16,18-19H2,2H3/p+1/b11-8-/t26-,29-,30?,33+,36+,37+,38-,39+,41-,42+/m0/s1. The molecule has 0 amide bonds. The van der Waals surface area contributed by atoms with Gasteiger partial charge in [0.1, 0.15) is 61.0 Å². The number of rotatable bonds is 14. The van der Waals surface area contributed by atoms with Crippen LogP contribution < -0.4 is 0 Å². The van der Waals surface area contributed by atoms with Gasteiger partial charge in [-0.1, -0.05) is 24.8 Å². The molecular formula is C42H47O17+. The summed E-state index contributed by atoms with van der Waals surface area (Å²) in [6, 6.07) is 8.69. The van der Waals surface area contributed by atoms with Gasteiger partial charge in [0.05, 0.1) is 35.2 Å². The fourth-order valence-electron chi connectivity index (χ4n) is 6.56. The zero-order chi connectivity index (χ0) is 42.5. The van der Waals surface area contributed by atoms with E-state index in [1.165, 1.54) is 55.5 Å². The zero-order valence-corrected chi connectivity index (χ0v) is 31.8. The average Bonchev–Trinajstić information content (AvgIpc) is 3.20. The fourth-order valence-corrected chi connectivity index (χ4v) is 6.56. The van der Waals surface area contributed by atoms with Crippen LogP contribution in [0.15, 0.2) is 109 Å². The van der Waals surface area contributed by atoms with E-state index in [1.54, 1.807) is 18.2 Å².